The van der Waals surface area contributed by atoms with Crippen LogP contribution in [0.3, 0.4) is 0 Å². The lowest BCUT2D eigenvalue weighted by atomic mass is 10.2. The van der Waals surface area contributed by atoms with Crippen LogP contribution in [0.2, 0.25) is 0 Å². The number of aromatic nitrogens is 3. The molecule has 0 unspecified atom stereocenters. The zero-order valence-corrected chi connectivity index (χ0v) is 12.2. The molecule has 1 amide bonds. The van der Waals surface area contributed by atoms with E-state index in [0.29, 0.717) is 11.4 Å². The van der Waals surface area contributed by atoms with Crippen LogP contribution in [0, 0.1) is 13.8 Å². The molecule has 0 radical (unpaired) electrons. The summed E-state index contributed by atoms with van der Waals surface area (Å²) in [5.74, 6) is -0.204. The first-order valence-corrected chi connectivity index (χ1v) is 6.66. The number of hydrogen-bond donors (Lipinski definition) is 3. The molecule has 21 heavy (non-hydrogen) atoms. The number of rotatable bonds is 2. The highest BCUT2D eigenvalue weighted by molar-refractivity contribution is 6.07. The van der Waals surface area contributed by atoms with Crippen molar-refractivity contribution in [3.8, 4) is 0 Å². The van der Waals surface area contributed by atoms with Crippen LogP contribution in [0.15, 0.2) is 24.3 Å². The molecule has 108 valence electrons. The number of H-pyrrole nitrogens is 1. The molecule has 0 saturated heterocycles. The molecule has 0 saturated carbocycles. The summed E-state index contributed by atoms with van der Waals surface area (Å²) in [7, 11) is 1.85. The van der Waals surface area contributed by atoms with Crippen LogP contribution in [-0.2, 0) is 7.05 Å². The fourth-order valence-corrected chi connectivity index (χ4v) is 2.44. The molecule has 2 aromatic heterocycles. The standard InChI is InChI=1S/C15H17N5O/c1-8-13(9(2)20(3)19-8)18-15(21)12-7-10-5-4-6-11(16)14(10)17-12/h4-7,17H,16H2,1-3H3,(H,18,21). The molecule has 0 aliphatic heterocycles. The molecule has 0 spiro atoms. The molecule has 6 heteroatoms. The van der Waals surface area contributed by atoms with Crippen molar-refractivity contribution in [2.24, 2.45) is 7.05 Å². The van der Waals surface area contributed by atoms with Crippen LogP contribution in [0.25, 0.3) is 10.9 Å². The van der Waals surface area contributed by atoms with Crippen molar-refractivity contribution in [2.75, 3.05) is 11.1 Å². The molecular weight excluding hydrogens is 266 g/mol. The Kier molecular flexibility index (Phi) is 2.94. The zero-order chi connectivity index (χ0) is 15.1. The molecule has 0 fully saturated rings. The van der Waals surface area contributed by atoms with E-state index in [0.717, 1.165) is 28.0 Å². The van der Waals surface area contributed by atoms with Crippen LogP contribution in [0.4, 0.5) is 11.4 Å². The molecule has 2 heterocycles. The molecule has 1 aromatic carbocycles. The number of amides is 1. The number of para-hydroxylation sites is 1. The van der Waals surface area contributed by atoms with E-state index in [2.05, 4.69) is 15.4 Å². The fourth-order valence-electron chi connectivity index (χ4n) is 2.44. The summed E-state index contributed by atoms with van der Waals surface area (Å²) in [5.41, 5.74) is 10.2. The smallest absolute Gasteiger partial charge is 0.272 e. The van der Waals surface area contributed by atoms with Gasteiger partial charge in [-0.15, -0.1) is 0 Å². The molecule has 3 aromatic rings. The number of nitrogens with two attached hydrogens (primary N) is 1. The van der Waals surface area contributed by atoms with Gasteiger partial charge in [0, 0.05) is 12.4 Å². The van der Waals surface area contributed by atoms with E-state index < -0.39 is 0 Å². The van der Waals surface area contributed by atoms with Crippen molar-refractivity contribution in [1.29, 1.82) is 0 Å². The predicted molar refractivity (Wildman–Crippen MR) is 83.3 cm³/mol. The van der Waals surface area contributed by atoms with Gasteiger partial charge in [0.1, 0.15) is 5.69 Å². The van der Waals surface area contributed by atoms with Crippen molar-refractivity contribution < 1.29 is 4.79 Å². The molecule has 0 bridgehead atoms. The van der Waals surface area contributed by atoms with E-state index in [9.17, 15) is 4.79 Å². The van der Waals surface area contributed by atoms with Crippen molar-refractivity contribution in [3.05, 3.63) is 41.3 Å². The second-order valence-electron chi connectivity index (χ2n) is 5.12. The number of aromatic amines is 1. The fraction of sp³-hybridized carbons (Fsp3) is 0.200. The highest BCUT2D eigenvalue weighted by Crippen LogP contribution is 2.23. The largest absolute Gasteiger partial charge is 0.397 e. The number of hydrogen-bond acceptors (Lipinski definition) is 3. The van der Waals surface area contributed by atoms with Gasteiger partial charge in [0.15, 0.2) is 0 Å². The van der Waals surface area contributed by atoms with Crippen LogP contribution < -0.4 is 11.1 Å². The Morgan fingerprint density at radius 1 is 1.38 bits per heavy atom. The number of benzene rings is 1. The minimum absolute atomic E-state index is 0.204. The first kappa shape index (κ1) is 13.2. The lowest BCUT2D eigenvalue weighted by Gasteiger charge is -2.04. The molecule has 6 nitrogen and oxygen atoms in total. The van der Waals surface area contributed by atoms with E-state index in [1.165, 1.54) is 0 Å². The Morgan fingerprint density at radius 3 is 2.76 bits per heavy atom. The number of nitrogens with zero attached hydrogens (tertiary/aromatic N) is 2. The third-order valence-electron chi connectivity index (χ3n) is 3.68. The van der Waals surface area contributed by atoms with Gasteiger partial charge in [-0.25, -0.2) is 0 Å². The molecule has 0 aliphatic rings. The second-order valence-corrected chi connectivity index (χ2v) is 5.12. The van der Waals surface area contributed by atoms with E-state index in [1.807, 2.05) is 33.0 Å². The third-order valence-corrected chi connectivity index (χ3v) is 3.68. The number of aryl methyl sites for hydroxylation is 2. The lowest BCUT2D eigenvalue weighted by Crippen LogP contribution is -2.13. The first-order chi connectivity index (χ1) is 9.97. The summed E-state index contributed by atoms with van der Waals surface area (Å²) in [6.07, 6.45) is 0. The zero-order valence-electron chi connectivity index (χ0n) is 12.2. The van der Waals surface area contributed by atoms with Crippen molar-refractivity contribution >= 4 is 28.2 Å². The van der Waals surface area contributed by atoms with Crippen LogP contribution >= 0.6 is 0 Å². The molecule has 4 N–H and O–H groups in total. The van der Waals surface area contributed by atoms with Gasteiger partial charge in [-0.3, -0.25) is 9.48 Å². The first-order valence-electron chi connectivity index (χ1n) is 6.66. The van der Waals surface area contributed by atoms with Gasteiger partial charge in [-0.05, 0) is 26.0 Å². The number of nitrogens with one attached hydrogen (secondary N) is 2. The van der Waals surface area contributed by atoms with Gasteiger partial charge in [0.25, 0.3) is 5.91 Å². The van der Waals surface area contributed by atoms with Crippen molar-refractivity contribution in [2.45, 2.75) is 13.8 Å². The highest BCUT2D eigenvalue weighted by Gasteiger charge is 2.15. The number of carbonyl (C=O) groups is 1. The van der Waals surface area contributed by atoms with Gasteiger partial charge in [0.2, 0.25) is 0 Å². The van der Waals surface area contributed by atoms with Gasteiger partial charge in [-0.1, -0.05) is 12.1 Å². The Labute approximate surface area is 121 Å². The van der Waals surface area contributed by atoms with Crippen LogP contribution in [-0.4, -0.2) is 20.7 Å². The lowest BCUT2D eigenvalue weighted by molar-refractivity contribution is 0.102. The molecule has 0 aliphatic carbocycles. The topological polar surface area (TPSA) is 88.7 Å². The van der Waals surface area contributed by atoms with Crippen molar-refractivity contribution in [1.82, 2.24) is 14.8 Å². The molecule has 3 rings (SSSR count). The van der Waals surface area contributed by atoms with Crippen LogP contribution in [0.1, 0.15) is 21.9 Å². The Bertz CT molecular complexity index is 843. The van der Waals surface area contributed by atoms with E-state index in [4.69, 9.17) is 5.73 Å². The quantitative estimate of drug-likeness (QED) is 0.631. The average Bonchev–Trinajstić information content (AvgIpc) is 2.97. The molecule has 0 atom stereocenters. The van der Waals surface area contributed by atoms with E-state index in [1.54, 1.807) is 16.8 Å². The summed E-state index contributed by atoms with van der Waals surface area (Å²) in [5, 5.41) is 8.10. The summed E-state index contributed by atoms with van der Waals surface area (Å²) in [4.78, 5) is 15.5. The monoisotopic (exact) mass is 283 g/mol. The Balaban J connectivity index is 1.95. The highest BCUT2D eigenvalue weighted by atomic mass is 16.1. The van der Waals surface area contributed by atoms with Gasteiger partial charge >= 0.3 is 0 Å². The summed E-state index contributed by atoms with van der Waals surface area (Å²) in [6, 6.07) is 7.38. The maximum absolute atomic E-state index is 12.4. The maximum atomic E-state index is 12.4. The third kappa shape index (κ3) is 2.14. The van der Waals surface area contributed by atoms with Gasteiger partial charge in [-0.2, -0.15) is 5.10 Å². The summed E-state index contributed by atoms with van der Waals surface area (Å²) >= 11 is 0. The Hall–Kier alpha value is -2.76. The Morgan fingerprint density at radius 2 is 2.14 bits per heavy atom. The molecular formula is C15H17N5O. The predicted octanol–water partition coefficient (Wildman–Crippen LogP) is 2.35. The normalized spacial score (nSPS) is 11.0. The number of nitrogen functional groups attached to an aromatic ring is 1. The minimum atomic E-state index is -0.204. The van der Waals surface area contributed by atoms with E-state index >= 15 is 0 Å². The van der Waals surface area contributed by atoms with E-state index in [-0.39, 0.29) is 5.91 Å². The number of carbonyl (C=O) groups excluding carboxylic acids is 1. The summed E-state index contributed by atoms with van der Waals surface area (Å²) < 4.78 is 1.74. The summed E-state index contributed by atoms with van der Waals surface area (Å²) in [6.45, 7) is 3.78. The minimum Gasteiger partial charge on any atom is -0.397 e. The number of anilines is 2. The van der Waals surface area contributed by atoms with Crippen molar-refractivity contribution in [3.63, 3.8) is 0 Å². The van der Waals surface area contributed by atoms with Gasteiger partial charge < -0.3 is 16.0 Å². The number of fused-ring (bicyclic) bond motifs is 1. The van der Waals surface area contributed by atoms with Crippen LogP contribution in [0.5, 0.6) is 0 Å². The average molecular weight is 283 g/mol. The second kappa shape index (κ2) is 4.66. The maximum Gasteiger partial charge on any atom is 0.272 e. The van der Waals surface area contributed by atoms with Gasteiger partial charge in [0.05, 0.1) is 28.3 Å². The SMILES string of the molecule is Cc1nn(C)c(C)c1NC(=O)c1cc2cccc(N)c2[nH]1.